The number of benzene rings is 1. The maximum Gasteiger partial charge on any atom is 0.269 e. The molecule has 1 atom stereocenters. The summed E-state index contributed by atoms with van der Waals surface area (Å²) in [6, 6.07) is 8.75. The predicted octanol–water partition coefficient (Wildman–Crippen LogP) is 0.274. The SMILES string of the molecule is CC(O)C(=O)N(N)c1ccccc1. The third kappa shape index (κ3) is 2.27. The van der Waals surface area contributed by atoms with Crippen LogP contribution in [-0.4, -0.2) is 17.1 Å². The van der Waals surface area contributed by atoms with Crippen LogP contribution in [0.1, 0.15) is 6.92 Å². The van der Waals surface area contributed by atoms with Gasteiger partial charge >= 0.3 is 0 Å². The zero-order valence-corrected chi connectivity index (χ0v) is 7.34. The van der Waals surface area contributed by atoms with E-state index in [1.165, 1.54) is 6.92 Å². The first-order valence-electron chi connectivity index (χ1n) is 3.94. The lowest BCUT2D eigenvalue weighted by Gasteiger charge is -2.17. The van der Waals surface area contributed by atoms with Crippen LogP contribution >= 0.6 is 0 Å². The monoisotopic (exact) mass is 180 g/mol. The van der Waals surface area contributed by atoms with Crippen molar-refractivity contribution in [2.75, 3.05) is 5.01 Å². The van der Waals surface area contributed by atoms with Crippen LogP contribution in [0.25, 0.3) is 0 Å². The minimum Gasteiger partial charge on any atom is -0.383 e. The fourth-order valence-corrected chi connectivity index (χ4v) is 0.917. The van der Waals surface area contributed by atoms with Gasteiger partial charge in [-0.15, -0.1) is 0 Å². The van der Waals surface area contributed by atoms with Crippen molar-refractivity contribution in [3.8, 4) is 0 Å². The zero-order chi connectivity index (χ0) is 9.84. The van der Waals surface area contributed by atoms with Gasteiger partial charge in [0.25, 0.3) is 5.91 Å². The van der Waals surface area contributed by atoms with E-state index in [-0.39, 0.29) is 0 Å². The number of nitrogens with two attached hydrogens (primary N) is 1. The summed E-state index contributed by atoms with van der Waals surface area (Å²) < 4.78 is 0. The van der Waals surface area contributed by atoms with Gasteiger partial charge in [-0.05, 0) is 19.1 Å². The van der Waals surface area contributed by atoms with Gasteiger partial charge < -0.3 is 5.11 Å². The van der Waals surface area contributed by atoms with Crippen LogP contribution in [0.2, 0.25) is 0 Å². The third-order valence-corrected chi connectivity index (χ3v) is 1.63. The first-order chi connectivity index (χ1) is 6.13. The van der Waals surface area contributed by atoms with Crippen LogP contribution in [0.15, 0.2) is 30.3 Å². The molecule has 4 heteroatoms. The maximum atomic E-state index is 11.2. The van der Waals surface area contributed by atoms with Gasteiger partial charge in [-0.25, -0.2) is 10.9 Å². The van der Waals surface area contributed by atoms with Crippen molar-refractivity contribution >= 4 is 11.6 Å². The van der Waals surface area contributed by atoms with Crippen LogP contribution in [0.5, 0.6) is 0 Å². The molecule has 1 aromatic carbocycles. The molecule has 13 heavy (non-hydrogen) atoms. The number of rotatable bonds is 2. The molecule has 0 spiro atoms. The number of para-hydroxylation sites is 1. The predicted molar refractivity (Wildman–Crippen MR) is 49.8 cm³/mol. The third-order valence-electron chi connectivity index (χ3n) is 1.63. The lowest BCUT2D eigenvalue weighted by atomic mass is 10.3. The number of hydrazine groups is 1. The Bertz CT molecular complexity index is 285. The smallest absolute Gasteiger partial charge is 0.269 e. The van der Waals surface area contributed by atoms with E-state index in [0.29, 0.717) is 5.69 Å². The summed E-state index contributed by atoms with van der Waals surface area (Å²) in [5.41, 5.74) is 0.563. The topological polar surface area (TPSA) is 66.6 Å². The first-order valence-corrected chi connectivity index (χ1v) is 3.94. The van der Waals surface area contributed by atoms with Gasteiger partial charge in [0, 0.05) is 0 Å². The van der Waals surface area contributed by atoms with E-state index in [0.717, 1.165) is 5.01 Å². The summed E-state index contributed by atoms with van der Waals surface area (Å²) in [4.78, 5) is 11.2. The molecule has 0 saturated carbocycles. The highest BCUT2D eigenvalue weighted by molar-refractivity contribution is 5.94. The van der Waals surface area contributed by atoms with Gasteiger partial charge in [0.15, 0.2) is 0 Å². The van der Waals surface area contributed by atoms with Crippen LogP contribution in [-0.2, 0) is 4.79 Å². The Balaban J connectivity index is 2.80. The van der Waals surface area contributed by atoms with E-state index in [4.69, 9.17) is 10.9 Å². The number of carbonyl (C=O) groups excluding carboxylic acids is 1. The molecule has 3 N–H and O–H groups in total. The fourth-order valence-electron chi connectivity index (χ4n) is 0.917. The van der Waals surface area contributed by atoms with Crippen LogP contribution in [0.4, 0.5) is 5.69 Å². The highest BCUT2D eigenvalue weighted by atomic mass is 16.3. The molecule has 0 radical (unpaired) electrons. The molecule has 0 heterocycles. The summed E-state index contributed by atoms with van der Waals surface area (Å²) >= 11 is 0. The Morgan fingerprint density at radius 3 is 2.46 bits per heavy atom. The van der Waals surface area contributed by atoms with Gasteiger partial charge in [-0.2, -0.15) is 0 Å². The second-order valence-corrected chi connectivity index (χ2v) is 2.72. The molecule has 70 valence electrons. The molecule has 0 aliphatic carbocycles. The summed E-state index contributed by atoms with van der Waals surface area (Å²) in [5, 5.41) is 9.92. The molecule has 1 amide bonds. The van der Waals surface area contributed by atoms with Crippen LogP contribution in [0, 0.1) is 0 Å². The number of anilines is 1. The molecule has 1 rings (SSSR count). The number of aliphatic hydroxyl groups excluding tert-OH is 1. The Morgan fingerprint density at radius 1 is 1.46 bits per heavy atom. The Hall–Kier alpha value is -1.39. The van der Waals surface area contributed by atoms with Gasteiger partial charge in [0.05, 0.1) is 5.69 Å². The van der Waals surface area contributed by atoms with Gasteiger partial charge in [-0.3, -0.25) is 4.79 Å². The Morgan fingerprint density at radius 2 is 2.00 bits per heavy atom. The second kappa shape index (κ2) is 4.02. The number of hydrogen-bond acceptors (Lipinski definition) is 3. The van der Waals surface area contributed by atoms with Crippen molar-refractivity contribution in [1.82, 2.24) is 0 Å². The van der Waals surface area contributed by atoms with E-state index in [9.17, 15) is 4.79 Å². The summed E-state index contributed by atoms with van der Waals surface area (Å²) in [6.45, 7) is 1.38. The molecular formula is C9H12N2O2. The first kappa shape index (κ1) is 9.70. The van der Waals surface area contributed by atoms with Crippen molar-refractivity contribution in [2.24, 2.45) is 5.84 Å². The molecular weight excluding hydrogens is 168 g/mol. The van der Waals surface area contributed by atoms with E-state index in [2.05, 4.69) is 0 Å². The molecule has 1 aromatic rings. The van der Waals surface area contributed by atoms with E-state index < -0.39 is 12.0 Å². The Kier molecular flexibility index (Phi) is 3.00. The van der Waals surface area contributed by atoms with Gasteiger partial charge in [0.1, 0.15) is 6.10 Å². The van der Waals surface area contributed by atoms with Crippen molar-refractivity contribution in [3.05, 3.63) is 30.3 Å². The van der Waals surface area contributed by atoms with Crippen LogP contribution < -0.4 is 10.9 Å². The number of nitrogens with zero attached hydrogens (tertiary/aromatic N) is 1. The average Bonchev–Trinajstić information content (AvgIpc) is 2.17. The molecule has 0 aliphatic rings. The van der Waals surface area contributed by atoms with Gasteiger partial charge in [0.2, 0.25) is 0 Å². The number of hydrogen-bond donors (Lipinski definition) is 2. The minimum atomic E-state index is -1.08. The highest BCUT2D eigenvalue weighted by Gasteiger charge is 2.16. The zero-order valence-electron chi connectivity index (χ0n) is 7.34. The molecule has 0 bridgehead atoms. The molecule has 0 aliphatic heterocycles. The largest absolute Gasteiger partial charge is 0.383 e. The summed E-state index contributed by atoms with van der Waals surface area (Å²) in [6.07, 6.45) is -1.08. The van der Waals surface area contributed by atoms with Crippen molar-refractivity contribution in [2.45, 2.75) is 13.0 Å². The second-order valence-electron chi connectivity index (χ2n) is 2.72. The van der Waals surface area contributed by atoms with Gasteiger partial charge in [-0.1, -0.05) is 18.2 Å². The standard InChI is InChI=1S/C9H12N2O2/c1-7(12)9(13)11(10)8-5-3-2-4-6-8/h2-7,12H,10H2,1H3. The van der Waals surface area contributed by atoms with Crippen molar-refractivity contribution in [3.63, 3.8) is 0 Å². The summed E-state index contributed by atoms with van der Waals surface area (Å²) in [7, 11) is 0. The fraction of sp³-hybridized carbons (Fsp3) is 0.222. The van der Waals surface area contributed by atoms with E-state index in [1.807, 2.05) is 6.07 Å². The summed E-state index contributed by atoms with van der Waals surface area (Å²) in [5.74, 6) is 4.94. The normalized spacial score (nSPS) is 12.2. The molecule has 1 unspecified atom stereocenters. The average molecular weight is 180 g/mol. The van der Waals surface area contributed by atoms with Crippen molar-refractivity contribution < 1.29 is 9.90 Å². The highest BCUT2D eigenvalue weighted by Crippen LogP contribution is 2.09. The van der Waals surface area contributed by atoms with E-state index in [1.54, 1.807) is 24.3 Å². The molecule has 0 fully saturated rings. The lowest BCUT2D eigenvalue weighted by Crippen LogP contribution is -2.43. The number of carbonyl (C=O) groups is 1. The quantitative estimate of drug-likeness (QED) is 0.390. The number of amides is 1. The molecule has 4 nitrogen and oxygen atoms in total. The Labute approximate surface area is 76.6 Å². The van der Waals surface area contributed by atoms with E-state index >= 15 is 0 Å². The molecule has 0 aromatic heterocycles. The van der Waals surface area contributed by atoms with Crippen molar-refractivity contribution in [1.29, 1.82) is 0 Å². The maximum absolute atomic E-state index is 11.2. The minimum absolute atomic E-state index is 0.522. The lowest BCUT2D eigenvalue weighted by molar-refractivity contribution is -0.125. The van der Waals surface area contributed by atoms with Crippen LogP contribution in [0.3, 0.4) is 0 Å². The molecule has 0 saturated heterocycles. The number of aliphatic hydroxyl groups is 1.